The molecule has 0 saturated carbocycles. The fourth-order valence-electron chi connectivity index (χ4n) is 2.58. The van der Waals surface area contributed by atoms with E-state index in [1.807, 2.05) is 12.1 Å². The van der Waals surface area contributed by atoms with Crippen LogP contribution in [-0.4, -0.2) is 24.0 Å². The summed E-state index contributed by atoms with van der Waals surface area (Å²) in [5.41, 5.74) is 0.955. The predicted molar refractivity (Wildman–Crippen MR) is 83.3 cm³/mol. The molecule has 2 aromatic rings. The third-order valence-electron chi connectivity index (χ3n) is 3.81. The molecule has 1 aliphatic rings. The van der Waals surface area contributed by atoms with E-state index < -0.39 is 11.7 Å². The average Bonchev–Trinajstić information content (AvgIpc) is 3.08. The van der Waals surface area contributed by atoms with Crippen LogP contribution in [0.3, 0.4) is 0 Å². The van der Waals surface area contributed by atoms with Crippen LogP contribution in [0, 0.1) is 5.82 Å². The Morgan fingerprint density at radius 3 is 2.64 bits per heavy atom. The quantitative estimate of drug-likeness (QED) is 0.944. The fraction of sp³-hybridized carbons (Fsp3) is 0.294. The zero-order valence-electron chi connectivity index (χ0n) is 12.3. The van der Waals surface area contributed by atoms with Gasteiger partial charge in [0.1, 0.15) is 11.6 Å². The number of aromatic nitrogens is 1. The second-order valence-corrected chi connectivity index (χ2v) is 5.38. The lowest BCUT2D eigenvalue weighted by Gasteiger charge is -2.16. The first-order valence-corrected chi connectivity index (χ1v) is 7.46. The SMILES string of the molecule is O=C(NCc1ccc(N2CCCC2)nc1)c1ccccc1F. The predicted octanol–water partition coefficient (Wildman–Crippen LogP) is 2.75. The van der Waals surface area contributed by atoms with E-state index in [1.54, 1.807) is 18.3 Å². The van der Waals surface area contributed by atoms with Crippen molar-refractivity contribution in [2.45, 2.75) is 19.4 Å². The molecule has 2 heterocycles. The second kappa shape index (κ2) is 6.56. The van der Waals surface area contributed by atoms with Crippen LogP contribution >= 0.6 is 0 Å². The first-order valence-electron chi connectivity index (χ1n) is 7.46. The Morgan fingerprint density at radius 2 is 1.95 bits per heavy atom. The van der Waals surface area contributed by atoms with Gasteiger partial charge in [0.05, 0.1) is 5.56 Å². The summed E-state index contributed by atoms with van der Waals surface area (Å²) in [5, 5.41) is 2.71. The molecule has 1 aromatic carbocycles. The van der Waals surface area contributed by atoms with E-state index in [0.29, 0.717) is 6.54 Å². The Labute approximate surface area is 129 Å². The van der Waals surface area contributed by atoms with Gasteiger partial charge in [-0.15, -0.1) is 0 Å². The monoisotopic (exact) mass is 299 g/mol. The van der Waals surface area contributed by atoms with Gasteiger partial charge in [-0.3, -0.25) is 4.79 Å². The molecule has 1 saturated heterocycles. The molecule has 1 N–H and O–H groups in total. The van der Waals surface area contributed by atoms with Crippen molar-refractivity contribution in [3.05, 3.63) is 59.5 Å². The van der Waals surface area contributed by atoms with Gasteiger partial charge in [0.2, 0.25) is 0 Å². The number of hydrogen-bond donors (Lipinski definition) is 1. The van der Waals surface area contributed by atoms with Gasteiger partial charge in [-0.1, -0.05) is 18.2 Å². The lowest BCUT2D eigenvalue weighted by atomic mass is 10.2. The third kappa shape index (κ3) is 3.24. The zero-order valence-corrected chi connectivity index (χ0v) is 12.3. The van der Waals surface area contributed by atoms with Crippen LogP contribution in [0.25, 0.3) is 0 Å². The molecule has 0 atom stereocenters. The number of carbonyl (C=O) groups is 1. The van der Waals surface area contributed by atoms with E-state index in [0.717, 1.165) is 24.5 Å². The molecular weight excluding hydrogens is 281 g/mol. The lowest BCUT2D eigenvalue weighted by molar-refractivity contribution is 0.0947. The molecule has 5 heteroatoms. The smallest absolute Gasteiger partial charge is 0.254 e. The van der Waals surface area contributed by atoms with Crippen LogP contribution in [0.4, 0.5) is 10.2 Å². The molecule has 1 fully saturated rings. The molecule has 0 bridgehead atoms. The minimum atomic E-state index is -0.512. The maximum atomic E-state index is 13.5. The Hall–Kier alpha value is -2.43. The van der Waals surface area contributed by atoms with Crippen LogP contribution in [-0.2, 0) is 6.54 Å². The highest BCUT2D eigenvalue weighted by Gasteiger charge is 2.13. The van der Waals surface area contributed by atoms with Gasteiger partial charge in [-0.25, -0.2) is 9.37 Å². The number of anilines is 1. The van der Waals surface area contributed by atoms with Crippen LogP contribution in [0.5, 0.6) is 0 Å². The van der Waals surface area contributed by atoms with Gasteiger partial charge in [-0.2, -0.15) is 0 Å². The third-order valence-corrected chi connectivity index (χ3v) is 3.81. The van der Waals surface area contributed by atoms with Crippen LogP contribution < -0.4 is 10.2 Å². The Kier molecular flexibility index (Phi) is 4.32. The largest absolute Gasteiger partial charge is 0.357 e. The maximum absolute atomic E-state index is 13.5. The van der Waals surface area contributed by atoms with Gasteiger partial charge in [0, 0.05) is 25.8 Å². The van der Waals surface area contributed by atoms with Crippen LogP contribution in [0.1, 0.15) is 28.8 Å². The van der Waals surface area contributed by atoms with Gasteiger partial charge in [0.25, 0.3) is 5.91 Å². The summed E-state index contributed by atoms with van der Waals surface area (Å²) in [6.07, 6.45) is 4.18. The summed E-state index contributed by atoms with van der Waals surface area (Å²) in [6.45, 7) is 2.44. The number of amides is 1. The summed E-state index contributed by atoms with van der Waals surface area (Å²) in [7, 11) is 0. The van der Waals surface area contributed by atoms with Gasteiger partial charge in [-0.05, 0) is 36.6 Å². The molecule has 1 amide bonds. The van der Waals surface area contributed by atoms with Crippen molar-refractivity contribution in [2.75, 3.05) is 18.0 Å². The van der Waals surface area contributed by atoms with Crippen molar-refractivity contribution < 1.29 is 9.18 Å². The summed E-state index contributed by atoms with van der Waals surface area (Å²) >= 11 is 0. The number of benzene rings is 1. The Morgan fingerprint density at radius 1 is 1.18 bits per heavy atom. The van der Waals surface area contributed by atoms with Crippen molar-refractivity contribution in [1.29, 1.82) is 0 Å². The number of halogens is 1. The molecule has 4 nitrogen and oxygen atoms in total. The van der Waals surface area contributed by atoms with E-state index >= 15 is 0 Å². The summed E-state index contributed by atoms with van der Waals surface area (Å²) in [4.78, 5) is 18.6. The summed E-state index contributed by atoms with van der Waals surface area (Å²) in [6, 6.07) is 9.87. The van der Waals surface area contributed by atoms with E-state index in [2.05, 4.69) is 15.2 Å². The van der Waals surface area contributed by atoms with Crippen LogP contribution in [0.15, 0.2) is 42.6 Å². The normalized spacial score (nSPS) is 14.1. The lowest BCUT2D eigenvalue weighted by Crippen LogP contribution is -2.24. The number of rotatable bonds is 4. The van der Waals surface area contributed by atoms with E-state index in [9.17, 15) is 9.18 Å². The molecule has 0 aliphatic carbocycles. The van der Waals surface area contributed by atoms with Crippen molar-refractivity contribution in [1.82, 2.24) is 10.3 Å². The van der Waals surface area contributed by atoms with Gasteiger partial charge in [0.15, 0.2) is 0 Å². The molecule has 114 valence electrons. The van der Waals surface area contributed by atoms with Gasteiger partial charge >= 0.3 is 0 Å². The van der Waals surface area contributed by atoms with E-state index in [-0.39, 0.29) is 5.56 Å². The minimum Gasteiger partial charge on any atom is -0.357 e. The molecule has 0 spiro atoms. The highest BCUT2D eigenvalue weighted by molar-refractivity contribution is 5.94. The first kappa shape index (κ1) is 14.5. The molecule has 1 aromatic heterocycles. The Balaban J connectivity index is 1.59. The molecule has 0 radical (unpaired) electrons. The highest BCUT2D eigenvalue weighted by atomic mass is 19.1. The minimum absolute atomic E-state index is 0.0594. The van der Waals surface area contributed by atoms with Crippen molar-refractivity contribution in [3.63, 3.8) is 0 Å². The number of pyridine rings is 1. The van der Waals surface area contributed by atoms with E-state index in [4.69, 9.17) is 0 Å². The Bertz CT molecular complexity index is 651. The number of hydrogen-bond acceptors (Lipinski definition) is 3. The van der Waals surface area contributed by atoms with Gasteiger partial charge < -0.3 is 10.2 Å². The fourth-order valence-corrected chi connectivity index (χ4v) is 2.58. The number of nitrogens with zero attached hydrogens (tertiary/aromatic N) is 2. The molecule has 3 rings (SSSR count). The van der Waals surface area contributed by atoms with Crippen molar-refractivity contribution >= 4 is 11.7 Å². The summed E-state index contributed by atoms with van der Waals surface area (Å²) in [5.74, 6) is 0.0471. The number of carbonyl (C=O) groups excluding carboxylic acids is 1. The number of nitrogens with one attached hydrogen (secondary N) is 1. The topological polar surface area (TPSA) is 45.2 Å². The van der Waals surface area contributed by atoms with Crippen molar-refractivity contribution in [3.8, 4) is 0 Å². The van der Waals surface area contributed by atoms with Crippen molar-refractivity contribution in [2.24, 2.45) is 0 Å². The first-order chi connectivity index (χ1) is 10.7. The highest BCUT2D eigenvalue weighted by Crippen LogP contribution is 2.17. The zero-order chi connectivity index (χ0) is 15.4. The molecular formula is C17H18FN3O. The molecule has 0 unspecified atom stereocenters. The van der Waals surface area contributed by atoms with E-state index in [1.165, 1.54) is 25.0 Å². The maximum Gasteiger partial charge on any atom is 0.254 e. The standard InChI is InChI=1S/C17H18FN3O/c18-15-6-2-1-5-14(15)17(22)20-12-13-7-8-16(19-11-13)21-9-3-4-10-21/h1-2,5-8,11H,3-4,9-10,12H2,(H,20,22). The van der Waals surface area contributed by atoms with Crippen LogP contribution in [0.2, 0.25) is 0 Å². The molecule has 1 aliphatic heterocycles. The summed E-state index contributed by atoms with van der Waals surface area (Å²) < 4.78 is 13.5. The second-order valence-electron chi connectivity index (χ2n) is 5.38. The average molecular weight is 299 g/mol. The molecule has 22 heavy (non-hydrogen) atoms.